The molecule has 0 radical (unpaired) electrons. The van der Waals surface area contributed by atoms with Crippen molar-refractivity contribution in [1.29, 1.82) is 0 Å². The lowest BCUT2D eigenvalue weighted by atomic mass is 9.94. The second kappa shape index (κ2) is 15.0. The van der Waals surface area contributed by atoms with Crippen molar-refractivity contribution in [3.05, 3.63) is 218 Å². The standard InChI is InChI=1S/C56H36N4/c1-3-13-37(14-4-1)38-25-29-41(30-26-38)55-58-54(40-15-5-2-6-16-40)59-56(60-55)42-31-27-39(28-32-42)43-19-11-20-44(33-43)45-21-12-22-48(34-45)53-51-36-47-18-8-7-17-46(47)35-50(51)49-23-9-10-24-52(49)57-53/h1-36H. The van der Waals surface area contributed by atoms with Gasteiger partial charge in [0.15, 0.2) is 17.5 Å². The van der Waals surface area contributed by atoms with Gasteiger partial charge < -0.3 is 0 Å². The Kier molecular flexibility index (Phi) is 8.79. The predicted octanol–water partition coefficient (Wildman–Crippen LogP) is 14.4. The molecule has 9 aromatic carbocycles. The van der Waals surface area contributed by atoms with Crippen molar-refractivity contribution in [3.63, 3.8) is 0 Å². The molecule has 2 heterocycles. The molecule has 0 saturated carbocycles. The van der Waals surface area contributed by atoms with Crippen molar-refractivity contribution in [1.82, 2.24) is 19.9 Å². The van der Waals surface area contributed by atoms with Crippen LogP contribution in [-0.4, -0.2) is 19.9 Å². The minimum Gasteiger partial charge on any atom is -0.247 e. The van der Waals surface area contributed by atoms with Crippen molar-refractivity contribution < 1.29 is 0 Å². The highest BCUT2D eigenvalue weighted by atomic mass is 15.0. The fraction of sp³-hybridized carbons (Fsp3) is 0. The van der Waals surface area contributed by atoms with Gasteiger partial charge in [-0.2, -0.15) is 0 Å². The van der Waals surface area contributed by atoms with E-state index >= 15 is 0 Å². The lowest BCUT2D eigenvalue weighted by Crippen LogP contribution is -2.00. The molecule has 60 heavy (non-hydrogen) atoms. The molecule has 0 unspecified atom stereocenters. The summed E-state index contributed by atoms with van der Waals surface area (Å²) < 4.78 is 0. The Balaban J connectivity index is 0.930. The molecule has 0 aliphatic rings. The molecular weight excluding hydrogens is 729 g/mol. The second-order valence-electron chi connectivity index (χ2n) is 15.1. The van der Waals surface area contributed by atoms with Gasteiger partial charge in [0.25, 0.3) is 0 Å². The van der Waals surface area contributed by atoms with E-state index in [2.05, 4.69) is 182 Å². The molecule has 2 aromatic heterocycles. The van der Waals surface area contributed by atoms with E-state index in [-0.39, 0.29) is 0 Å². The molecular formula is C56H36N4. The van der Waals surface area contributed by atoms with Crippen LogP contribution in [0.1, 0.15) is 0 Å². The average molecular weight is 765 g/mol. The van der Waals surface area contributed by atoms with Gasteiger partial charge >= 0.3 is 0 Å². The normalized spacial score (nSPS) is 11.3. The Labute approximate surface area is 348 Å². The zero-order chi connectivity index (χ0) is 39.8. The number of nitrogens with zero attached hydrogens (tertiary/aromatic N) is 4. The zero-order valence-corrected chi connectivity index (χ0v) is 32.6. The first-order chi connectivity index (χ1) is 29.7. The number of hydrogen-bond donors (Lipinski definition) is 0. The van der Waals surface area contributed by atoms with Crippen molar-refractivity contribution in [2.45, 2.75) is 0 Å². The smallest absolute Gasteiger partial charge is 0.164 e. The molecule has 11 rings (SSSR count). The molecule has 280 valence electrons. The molecule has 0 atom stereocenters. The fourth-order valence-corrected chi connectivity index (χ4v) is 8.19. The minimum absolute atomic E-state index is 0.630. The second-order valence-corrected chi connectivity index (χ2v) is 15.1. The van der Waals surface area contributed by atoms with Crippen LogP contribution >= 0.6 is 0 Å². The quantitative estimate of drug-likeness (QED) is 0.120. The molecule has 0 saturated heterocycles. The van der Waals surface area contributed by atoms with Gasteiger partial charge in [-0.1, -0.05) is 188 Å². The molecule has 0 aliphatic carbocycles. The third kappa shape index (κ3) is 6.66. The Hall–Kier alpha value is -8.08. The van der Waals surface area contributed by atoms with Gasteiger partial charge in [-0.05, 0) is 79.9 Å². The van der Waals surface area contributed by atoms with Crippen LogP contribution in [0.5, 0.6) is 0 Å². The summed E-state index contributed by atoms with van der Waals surface area (Å²) in [5.74, 6) is 1.91. The summed E-state index contributed by atoms with van der Waals surface area (Å²) in [4.78, 5) is 20.2. The number of pyridine rings is 1. The largest absolute Gasteiger partial charge is 0.247 e. The van der Waals surface area contributed by atoms with Crippen LogP contribution in [0, 0.1) is 0 Å². The number of aromatic nitrogens is 4. The van der Waals surface area contributed by atoms with E-state index in [1.165, 1.54) is 27.1 Å². The van der Waals surface area contributed by atoms with E-state index in [1.807, 2.05) is 36.4 Å². The number of hydrogen-bond acceptors (Lipinski definition) is 4. The average Bonchev–Trinajstić information content (AvgIpc) is 3.34. The summed E-state index contributed by atoms with van der Waals surface area (Å²) in [6.45, 7) is 0. The van der Waals surface area contributed by atoms with Gasteiger partial charge in [-0.3, -0.25) is 0 Å². The lowest BCUT2D eigenvalue weighted by molar-refractivity contribution is 1.07. The van der Waals surface area contributed by atoms with Crippen molar-refractivity contribution in [3.8, 4) is 78.8 Å². The predicted molar refractivity (Wildman–Crippen MR) is 248 cm³/mol. The van der Waals surface area contributed by atoms with Gasteiger partial charge in [0.2, 0.25) is 0 Å². The number of para-hydroxylation sites is 1. The minimum atomic E-state index is 0.630. The van der Waals surface area contributed by atoms with E-state index in [0.29, 0.717) is 17.5 Å². The molecule has 0 spiro atoms. The van der Waals surface area contributed by atoms with Gasteiger partial charge in [-0.25, -0.2) is 19.9 Å². The number of rotatable bonds is 7. The summed E-state index contributed by atoms with van der Waals surface area (Å²) in [5.41, 5.74) is 12.7. The Morgan fingerprint density at radius 1 is 0.217 bits per heavy atom. The Bertz CT molecular complexity index is 3340. The SMILES string of the molecule is c1ccc(-c2ccc(-c3nc(-c4ccccc4)nc(-c4ccc(-c5cccc(-c6cccc(-c7nc8ccccc8c8cc9ccccc9cc78)c6)c5)cc4)n3)cc2)cc1. The van der Waals surface area contributed by atoms with Crippen LogP contribution in [0.25, 0.3) is 111 Å². The van der Waals surface area contributed by atoms with Gasteiger partial charge in [0, 0.05) is 33.0 Å². The van der Waals surface area contributed by atoms with Crippen LogP contribution in [-0.2, 0) is 0 Å². The summed E-state index contributed by atoms with van der Waals surface area (Å²) in [6, 6.07) is 76.5. The first-order valence-corrected chi connectivity index (χ1v) is 20.2. The maximum absolute atomic E-state index is 5.26. The monoisotopic (exact) mass is 764 g/mol. The lowest BCUT2D eigenvalue weighted by Gasteiger charge is -2.13. The fourth-order valence-electron chi connectivity index (χ4n) is 8.19. The highest BCUT2D eigenvalue weighted by Gasteiger charge is 2.15. The van der Waals surface area contributed by atoms with E-state index in [1.54, 1.807) is 0 Å². The number of fused-ring (bicyclic) bond motifs is 4. The van der Waals surface area contributed by atoms with Crippen molar-refractivity contribution >= 4 is 32.4 Å². The van der Waals surface area contributed by atoms with E-state index < -0.39 is 0 Å². The van der Waals surface area contributed by atoms with Crippen molar-refractivity contribution in [2.75, 3.05) is 0 Å². The van der Waals surface area contributed by atoms with Crippen LogP contribution in [0.15, 0.2) is 218 Å². The first-order valence-electron chi connectivity index (χ1n) is 20.2. The van der Waals surface area contributed by atoms with Crippen LogP contribution < -0.4 is 0 Å². The first kappa shape index (κ1) is 35.1. The maximum Gasteiger partial charge on any atom is 0.164 e. The molecule has 0 N–H and O–H groups in total. The topological polar surface area (TPSA) is 51.6 Å². The number of benzene rings is 9. The Morgan fingerprint density at radius 2 is 0.600 bits per heavy atom. The van der Waals surface area contributed by atoms with E-state index in [4.69, 9.17) is 19.9 Å². The van der Waals surface area contributed by atoms with E-state index in [9.17, 15) is 0 Å². The summed E-state index contributed by atoms with van der Waals surface area (Å²) in [5, 5.41) is 5.97. The Morgan fingerprint density at radius 3 is 1.20 bits per heavy atom. The van der Waals surface area contributed by atoms with Crippen LogP contribution in [0.4, 0.5) is 0 Å². The maximum atomic E-state index is 5.26. The molecule has 0 fully saturated rings. The molecule has 4 heteroatoms. The van der Waals surface area contributed by atoms with Crippen LogP contribution in [0.2, 0.25) is 0 Å². The third-order valence-electron chi connectivity index (χ3n) is 11.3. The molecule has 4 nitrogen and oxygen atoms in total. The van der Waals surface area contributed by atoms with Gasteiger partial charge in [0.05, 0.1) is 11.2 Å². The third-order valence-corrected chi connectivity index (χ3v) is 11.3. The molecule has 0 amide bonds. The van der Waals surface area contributed by atoms with Crippen LogP contribution in [0.3, 0.4) is 0 Å². The highest BCUT2D eigenvalue weighted by molar-refractivity contribution is 6.15. The van der Waals surface area contributed by atoms with E-state index in [0.717, 1.165) is 66.7 Å². The zero-order valence-electron chi connectivity index (χ0n) is 32.6. The summed E-state index contributed by atoms with van der Waals surface area (Å²) >= 11 is 0. The van der Waals surface area contributed by atoms with Crippen molar-refractivity contribution in [2.24, 2.45) is 0 Å². The molecule has 0 aliphatic heterocycles. The summed E-state index contributed by atoms with van der Waals surface area (Å²) in [7, 11) is 0. The molecule has 11 aromatic rings. The molecule has 0 bridgehead atoms. The van der Waals surface area contributed by atoms with Gasteiger partial charge in [0.1, 0.15) is 0 Å². The highest BCUT2D eigenvalue weighted by Crippen LogP contribution is 2.37. The summed E-state index contributed by atoms with van der Waals surface area (Å²) in [6.07, 6.45) is 0. The van der Waals surface area contributed by atoms with Gasteiger partial charge in [-0.15, -0.1) is 0 Å².